The van der Waals surface area contributed by atoms with Gasteiger partial charge in [-0.05, 0) is 25.1 Å². The van der Waals surface area contributed by atoms with E-state index in [0.29, 0.717) is 45.2 Å². The van der Waals surface area contributed by atoms with Gasteiger partial charge in [-0.3, -0.25) is 14.3 Å². The van der Waals surface area contributed by atoms with E-state index in [0.717, 1.165) is 0 Å². The molecule has 4 aromatic heterocycles. The summed E-state index contributed by atoms with van der Waals surface area (Å²) in [6.07, 6.45) is 3.18. The molecule has 0 aliphatic rings. The third-order valence-electron chi connectivity index (χ3n) is 5.33. The van der Waals surface area contributed by atoms with E-state index in [2.05, 4.69) is 19.9 Å². The molecule has 0 aliphatic heterocycles. The van der Waals surface area contributed by atoms with Gasteiger partial charge in [0.1, 0.15) is 23.2 Å². The minimum atomic E-state index is -0.470. The number of aryl methyl sites for hydroxylation is 1. The van der Waals surface area contributed by atoms with Gasteiger partial charge in [-0.1, -0.05) is 50.0 Å². The molecule has 0 fully saturated rings. The molecule has 0 N–H and O–H groups in total. The van der Waals surface area contributed by atoms with Gasteiger partial charge in [-0.25, -0.2) is 15.0 Å². The third kappa shape index (κ3) is 5.34. The molecule has 186 valence electrons. The lowest BCUT2D eigenvalue weighted by atomic mass is 9.95. The molecule has 0 aliphatic carbocycles. The van der Waals surface area contributed by atoms with Crippen molar-refractivity contribution in [3.8, 4) is 28.7 Å². The van der Waals surface area contributed by atoms with Gasteiger partial charge < -0.3 is 9.47 Å². The highest BCUT2D eigenvalue weighted by atomic mass is 35.5. The molecule has 0 atom stereocenters. The minimum Gasteiger partial charge on any atom is -0.485 e. The zero-order valence-electron chi connectivity index (χ0n) is 20.5. The van der Waals surface area contributed by atoms with Gasteiger partial charge in [0.05, 0.1) is 34.9 Å². The Kier molecular flexibility index (Phi) is 7.28. The van der Waals surface area contributed by atoms with Crippen LogP contribution in [-0.4, -0.2) is 31.6 Å². The fraction of sp³-hybridized carbons (Fsp3) is 0.269. The van der Waals surface area contributed by atoms with Crippen LogP contribution < -0.4 is 15.0 Å². The minimum absolute atomic E-state index is 0.0741. The average molecular weight is 526 g/mol. The Morgan fingerprint density at radius 3 is 2.53 bits per heavy atom. The van der Waals surface area contributed by atoms with Gasteiger partial charge in [0.2, 0.25) is 5.88 Å². The molecule has 4 rings (SSSR count). The zero-order chi connectivity index (χ0) is 26.0. The van der Waals surface area contributed by atoms with E-state index in [1.54, 1.807) is 49.5 Å². The molecule has 0 aromatic carbocycles. The highest BCUT2D eigenvalue weighted by Crippen LogP contribution is 2.29. The van der Waals surface area contributed by atoms with Crippen LogP contribution in [0, 0.1) is 6.92 Å². The van der Waals surface area contributed by atoms with Gasteiger partial charge >= 0.3 is 0 Å². The number of ether oxygens (including phenoxy) is 2. The largest absolute Gasteiger partial charge is 0.485 e. The van der Waals surface area contributed by atoms with Crippen LogP contribution in [0.25, 0.3) is 17.1 Å². The van der Waals surface area contributed by atoms with Crippen molar-refractivity contribution < 1.29 is 9.47 Å². The number of hydrogen-bond acceptors (Lipinski definition) is 7. The standard InChI is InChI=1S/C26H25Cl2N5O3/c1-15-11-21(36-14-16-7-6-8-22(31-16)35-5)23(28)24(34)33(15)20-12-19(30-13-17(20)27)18-9-10-29-25(32-18)26(2,3)4/h6-13H,14H2,1-5H3. The molecule has 4 heterocycles. The van der Waals surface area contributed by atoms with E-state index in [-0.39, 0.29) is 22.8 Å². The van der Waals surface area contributed by atoms with Gasteiger partial charge in [-0.15, -0.1) is 0 Å². The highest BCUT2D eigenvalue weighted by molar-refractivity contribution is 6.33. The lowest BCUT2D eigenvalue weighted by Gasteiger charge is -2.18. The maximum absolute atomic E-state index is 13.3. The fourth-order valence-electron chi connectivity index (χ4n) is 3.49. The SMILES string of the molecule is COc1cccc(COc2cc(C)n(-c3cc(-c4ccnc(C(C)(C)C)n4)ncc3Cl)c(=O)c2Cl)n1. The van der Waals surface area contributed by atoms with Gasteiger partial charge in [0, 0.05) is 35.6 Å². The molecule has 36 heavy (non-hydrogen) atoms. The Morgan fingerprint density at radius 2 is 1.81 bits per heavy atom. The normalized spacial score (nSPS) is 11.4. The van der Waals surface area contributed by atoms with Crippen LogP contribution in [-0.2, 0) is 12.0 Å². The molecule has 10 heteroatoms. The van der Waals surface area contributed by atoms with Crippen LogP contribution in [0.15, 0.2) is 53.6 Å². The quantitative estimate of drug-likeness (QED) is 0.324. The molecular weight excluding hydrogens is 501 g/mol. The maximum Gasteiger partial charge on any atom is 0.277 e. The third-order valence-corrected chi connectivity index (χ3v) is 5.97. The summed E-state index contributed by atoms with van der Waals surface area (Å²) in [6, 6.07) is 10.5. The van der Waals surface area contributed by atoms with E-state index < -0.39 is 5.56 Å². The molecule has 4 aromatic rings. The first-order valence-electron chi connectivity index (χ1n) is 11.1. The van der Waals surface area contributed by atoms with Crippen LogP contribution in [0.5, 0.6) is 11.6 Å². The Morgan fingerprint density at radius 1 is 1.03 bits per heavy atom. The lowest BCUT2D eigenvalue weighted by molar-refractivity contribution is 0.297. The van der Waals surface area contributed by atoms with Gasteiger partial charge in [0.15, 0.2) is 0 Å². The predicted molar refractivity (Wildman–Crippen MR) is 139 cm³/mol. The van der Waals surface area contributed by atoms with Crippen molar-refractivity contribution in [1.82, 2.24) is 24.5 Å². The number of hydrogen-bond donors (Lipinski definition) is 0. The van der Waals surface area contributed by atoms with E-state index in [9.17, 15) is 4.79 Å². The second-order valence-corrected chi connectivity index (χ2v) is 9.89. The Bertz CT molecular complexity index is 1480. The first-order chi connectivity index (χ1) is 17.1. The van der Waals surface area contributed by atoms with Crippen molar-refractivity contribution in [2.45, 2.75) is 39.7 Å². The molecule has 0 saturated heterocycles. The molecule has 0 spiro atoms. The summed E-state index contributed by atoms with van der Waals surface area (Å²) in [4.78, 5) is 31.1. The van der Waals surface area contributed by atoms with Crippen molar-refractivity contribution >= 4 is 23.2 Å². The number of halogens is 2. The summed E-state index contributed by atoms with van der Waals surface area (Å²) in [6.45, 7) is 7.99. The van der Waals surface area contributed by atoms with Crippen molar-refractivity contribution in [2.24, 2.45) is 0 Å². The molecule has 0 unspecified atom stereocenters. The lowest BCUT2D eigenvalue weighted by Crippen LogP contribution is -2.22. The summed E-state index contributed by atoms with van der Waals surface area (Å²) in [5, 5.41) is 0.217. The Labute approximate surface area is 218 Å². The first kappa shape index (κ1) is 25.6. The highest BCUT2D eigenvalue weighted by Gasteiger charge is 2.20. The van der Waals surface area contributed by atoms with Gasteiger partial charge in [0.25, 0.3) is 5.56 Å². The topological polar surface area (TPSA) is 92.0 Å². The Hall–Kier alpha value is -3.49. The average Bonchev–Trinajstić information content (AvgIpc) is 2.86. The Balaban J connectivity index is 1.71. The van der Waals surface area contributed by atoms with Crippen LogP contribution in [0.3, 0.4) is 0 Å². The van der Waals surface area contributed by atoms with Crippen LogP contribution in [0.2, 0.25) is 10.0 Å². The number of methoxy groups -OCH3 is 1. The van der Waals surface area contributed by atoms with Crippen LogP contribution >= 0.6 is 23.2 Å². The first-order valence-corrected chi connectivity index (χ1v) is 11.9. The fourth-order valence-corrected chi connectivity index (χ4v) is 3.87. The second-order valence-electron chi connectivity index (χ2n) is 9.10. The molecular formula is C26H25Cl2N5O3. The molecule has 8 nitrogen and oxygen atoms in total. The maximum atomic E-state index is 13.3. The molecule has 0 amide bonds. The van der Waals surface area contributed by atoms with E-state index >= 15 is 0 Å². The summed E-state index contributed by atoms with van der Waals surface area (Å²) >= 11 is 12.9. The zero-order valence-corrected chi connectivity index (χ0v) is 22.1. The second kappa shape index (κ2) is 10.2. The molecule has 0 saturated carbocycles. The van der Waals surface area contributed by atoms with Gasteiger partial charge in [-0.2, -0.15) is 0 Å². The predicted octanol–water partition coefficient (Wildman–Crippen LogP) is 5.58. The van der Waals surface area contributed by atoms with Crippen LogP contribution in [0.4, 0.5) is 0 Å². The van der Waals surface area contributed by atoms with E-state index in [4.69, 9.17) is 32.7 Å². The molecule has 0 bridgehead atoms. The van der Waals surface area contributed by atoms with E-state index in [1.165, 1.54) is 17.9 Å². The summed E-state index contributed by atoms with van der Waals surface area (Å²) in [5.41, 5.74) is 2.11. The summed E-state index contributed by atoms with van der Waals surface area (Å²) in [7, 11) is 1.54. The smallest absolute Gasteiger partial charge is 0.277 e. The molecule has 0 radical (unpaired) electrons. The number of nitrogens with zero attached hydrogens (tertiary/aromatic N) is 5. The van der Waals surface area contributed by atoms with Crippen molar-refractivity contribution in [3.05, 3.63) is 86.4 Å². The summed E-state index contributed by atoms with van der Waals surface area (Å²) in [5.74, 6) is 1.40. The van der Waals surface area contributed by atoms with Crippen molar-refractivity contribution in [3.63, 3.8) is 0 Å². The van der Waals surface area contributed by atoms with Crippen molar-refractivity contribution in [2.75, 3.05) is 7.11 Å². The number of pyridine rings is 3. The van der Waals surface area contributed by atoms with E-state index in [1.807, 2.05) is 20.8 Å². The number of rotatable bonds is 6. The van der Waals surface area contributed by atoms with Crippen LogP contribution in [0.1, 0.15) is 38.0 Å². The summed E-state index contributed by atoms with van der Waals surface area (Å²) < 4.78 is 12.4. The van der Waals surface area contributed by atoms with Crippen molar-refractivity contribution in [1.29, 1.82) is 0 Å². The monoisotopic (exact) mass is 525 g/mol. The number of aromatic nitrogens is 5.